The van der Waals surface area contributed by atoms with Crippen LogP contribution in [0.15, 0.2) is 121 Å². The molecule has 4 aromatic rings. The summed E-state index contributed by atoms with van der Waals surface area (Å²) in [7, 11) is 0. The first-order chi connectivity index (χ1) is 23.3. The number of ether oxygens (including phenoxy) is 1. The summed E-state index contributed by atoms with van der Waals surface area (Å²) in [5, 5.41) is 0. The van der Waals surface area contributed by atoms with E-state index in [1.54, 1.807) is 4.90 Å². The molecule has 0 saturated carbocycles. The van der Waals surface area contributed by atoms with Crippen molar-refractivity contribution in [1.82, 2.24) is 14.7 Å². The molecule has 3 aliphatic rings. The minimum absolute atomic E-state index is 0.0342. The molecule has 3 heterocycles. The third-order valence-electron chi connectivity index (χ3n) is 10.5. The maximum atomic E-state index is 14.3. The van der Waals surface area contributed by atoms with Gasteiger partial charge in [-0.15, -0.1) is 0 Å². The summed E-state index contributed by atoms with van der Waals surface area (Å²) in [6.45, 7) is 6.09. The van der Waals surface area contributed by atoms with Gasteiger partial charge >= 0.3 is 5.97 Å². The predicted molar refractivity (Wildman–Crippen MR) is 185 cm³/mol. The predicted octanol–water partition coefficient (Wildman–Crippen LogP) is 5.88. The largest absolute Gasteiger partial charge is 0.459 e. The molecule has 0 bridgehead atoms. The van der Waals surface area contributed by atoms with Crippen LogP contribution < -0.4 is 0 Å². The third-order valence-corrected chi connectivity index (χ3v) is 10.5. The van der Waals surface area contributed by atoms with Gasteiger partial charge in [-0.3, -0.25) is 14.5 Å². The van der Waals surface area contributed by atoms with Crippen molar-refractivity contribution in [2.24, 2.45) is 11.3 Å². The first kappa shape index (κ1) is 31.8. The number of esters is 1. The van der Waals surface area contributed by atoms with Crippen LogP contribution >= 0.6 is 0 Å². The van der Waals surface area contributed by atoms with Crippen LogP contribution in [0.4, 0.5) is 0 Å². The van der Waals surface area contributed by atoms with E-state index in [2.05, 4.69) is 77.7 Å². The van der Waals surface area contributed by atoms with Crippen LogP contribution in [0.3, 0.4) is 0 Å². The average molecular weight is 642 g/mol. The van der Waals surface area contributed by atoms with Gasteiger partial charge in [0, 0.05) is 26.2 Å². The van der Waals surface area contributed by atoms with Gasteiger partial charge in [-0.1, -0.05) is 135 Å². The number of carbonyl (C=O) groups excluding carboxylic acids is 3. The van der Waals surface area contributed by atoms with Crippen LogP contribution in [-0.2, 0) is 31.3 Å². The van der Waals surface area contributed by atoms with E-state index >= 15 is 0 Å². The minimum atomic E-state index is -0.669. The molecular formula is C41H43N3O4. The van der Waals surface area contributed by atoms with Crippen molar-refractivity contribution in [3.05, 3.63) is 144 Å². The second kappa shape index (κ2) is 13.0. The van der Waals surface area contributed by atoms with Crippen LogP contribution in [0.5, 0.6) is 0 Å². The monoisotopic (exact) mass is 641 g/mol. The SMILES string of the molecule is CC(C)[C@@H](C(=O)OCc1ccccc1)N1CC[C@@]2(CCN(C(=O)C3C[N@@]3C(c3ccccc3)(c3ccccc3)c3ccccc3)C2)C1=O. The summed E-state index contributed by atoms with van der Waals surface area (Å²) in [4.78, 5) is 47.8. The van der Waals surface area contributed by atoms with Gasteiger partial charge in [0.15, 0.2) is 0 Å². The van der Waals surface area contributed by atoms with Gasteiger partial charge in [0.2, 0.25) is 11.8 Å². The molecule has 3 aliphatic heterocycles. The maximum absolute atomic E-state index is 14.3. The van der Waals surface area contributed by atoms with Gasteiger partial charge in [-0.2, -0.15) is 0 Å². The molecular weight excluding hydrogens is 598 g/mol. The molecule has 7 heteroatoms. The quantitative estimate of drug-likeness (QED) is 0.123. The van der Waals surface area contributed by atoms with Crippen LogP contribution in [0.2, 0.25) is 0 Å². The fourth-order valence-electron chi connectivity index (χ4n) is 8.09. The van der Waals surface area contributed by atoms with E-state index in [-0.39, 0.29) is 36.4 Å². The summed E-state index contributed by atoms with van der Waals surface area (Å²) in [6.07, 6.45) is 1.23. The Morgan fingerprint density at radius 1 is 0.771 bits per heavy atom. The molecule has 48 heavy (non-hydrogen) atoms. The topological polar surface area (TPSA) is 69.9 Å². The molecule has 4 atom stereocenters. The molecule has 3 fully saturated rings. The first-order valence-electron chi connectivity index (χ1n) is 17.1. The molecule has 0 N–H and O–H groups in total. The van der Waals surface area contributed by atoms with Crippen LogP contribution in [0.25, 0.3) is 0 Å². The molecule has 2 amide bonds. The summed E-state index contributed by atoms with van der Waals surface area (Å²) in [5.41, 5.74) is 2.92. The number of benzene rings is 4. The molecule has 0 aliphatic carbocycles. The lowest BCUT2D eigenvalue weighted by Crippen LogP contribution is -2.49. The molecule has 1 unspecified atom stereocenters. The number of hydrogen-bond donors (Lipinski definition) is 0. The van der Waals surface area contributed by atoms with Gasteiger partial charge in [-0.25, -0.2) is 4.79 Å². The van der Waals surface area contributed by atoms with Gasteiger partial charge in [0.25, 0.3) is 0 Å². The number of amides is 2. The van der Waals surface area contributed by atoms with Gasteiger partial charge < -0.3 is 14.5 Å². The Morgan fingerprint density at radius 2 is 1.27 bits per heavy atom. The van der Waals surface area contributed by atoms with E-state index in [9.17, 15) is 14.4 Å². The number of nitrogens with zero attached hydrogens (tertiary/aromatic N) is 3. The molecule has 1 spiro atoms. The molecule has 3 saturated heterocycles. The number of hydrogen-bond acceptors (Lipinski definition) is 5. The zero-order chi connectivity index (χ0) is 33.3. The molecule has 0 aromatic heterocycles. The van der Waals surface area contributed by atoms with E-state index in [4.69, 9.17) is 4.74 Å². The summed E-state index contributed by atoms with van der Waals surface area (Å²) in [6, 6.07) is 39.9. The second-order valence-electron chi connectivity index (χ2n) is 13.8. The Morgan fingerprint density at radius 3 is 1.79 bits per heavy atom. The zero-order valence-corrected chi connectivity index (χ0v) is 27.7. The van der Waals surface area contributed by atoms with E-state index in [1.165, 1.54) is 0 Å². The number of likely N-dealkylation sites (tertiary alicyclic amines) is 2. The average Bonchev–Trinajstić information content (AvgIpc) is 3.70. The molecule has 7 rings (SSSR count). The minimum Gasteiger partial charge on any atom is -0.459 e. The van der Waals surface area contributed by atoms with Crippen molar-refractivity contribution in [2.45, 2.75) is 50.9 Å². The highest BCUT2D eigenvalue weighted by atomic mass is 16.5. The Bertz CT molecular complexity index is 1650. The summed E-state index contributed by atoms with van der Waals surface area (Å²) in [5.74, 6) is -0.451. The number of carbonyl (C=O) groups is 3. The first-order valence-corrected chi connectivity index (χ1v) is 17.1. The molecule has 246 valence electrons. The second-order valence-corrected chi connectivity index (χ2v) is 13.8. The summed E-state index contributed by atoms with van der Waals surface area (Å²) >= 11 is 0. The van der Waals surface area contributed by atoms with E-state index in [0.717, 1.165) is 22.3 Å². The lowest BCUT2D eigenvalue weighted by molar-refractivity contribution is -0.158. The highest BCUT2D eigenvalue weighted by Crippen LogP contribution is 2.49. The van der Waals surface area contributed by atoms with Crippen molar-refractivity contribution in [2.75, 3.05) is 26.2 Å². The third kappa shape index (κ3) is 5.60. The van der Waals surface area contributed by atoms with Crippen molar-refractivity contribution in [1.29, 1.82) is 0 Å². The Hall–Kier alpha value is -4.75. The van der Waals surface area contributed by atoms with Crippen LogP contribution in [0, 0.1) is 11.3 Å². The van der Waals surface area contributed by atoms with Gasteiger partial charge in [0.05, 0.1) is 11.0 Å². The lowest BCUT2D eigenvalue weighted by Gasteiger charge is -2.38. The molecule has 7 nitrogen and oxygen atoms in total. The van der Waals surface area contributed by atoms with Crippen molar-refractivity contribution < 1.29 is 19.1 Å². The normalized spacial score (nSPS) is 22.7. The standard InChI is InChI=1S/C41H43N3O4/c1-30(2)36(38(46)48-28-31-15-7-3-8-16-31)43-26-24-40(39(43)47)23-25-42(29-40)37(45)35-27-44(35)41(32-17-9-4-10-18-32,33-19-11-5-12-20-33)34-21-13-6-14-22-34/h3-22,30,35-36H,23-29H2,1-2H3/t35?,36-,40+,44+/m0/s1. The summed E-state index contributed by atoms with van der Waals surface area (Å²) < 4.78 is 5.71. The smallest absolute Gasteiger partial charge is 0.329 e. The van der Waals surface area contributed by atoms with Crippen LogP contribution in [-0.4, -0.2) is 70.7 Å². The van der Waals surface area contributed by atoms with Crippen LogP contribution in [0.1, 0.15) is 48.9 Å². The Kier molecular flexibility index (Phi) is 8.65. The zero-order valence-electron chi connectivity index (χ0n) is 27.7. The molecule has 0 radical (unpaired) electrons. The van der Waals surface area contributed by atoms with Gasteiger partial charge in [-0.05, 0) is 41.0 Å². The highest BCUT2D eigenvalue weighted by molar-refractivity contribution is 5.92. The van der Waals surface area contributed by atoms with E-state index in [1.807, 2.05) is 67.3 Å². The van der Waals surface area contributed by atoms with Crippen molar-refractivity contribution in [3.8, 4) is 0 Å². The highest BCUT2D eigenvalue weighted by Gasteiger charge is 2.60. The lowest BCUT2D eigenvalue weighted by atomic mass is 9.76. The van der Waals surface area contributed by atoms with E-state index < -0.39 is 17.0 Å². The fourth-order valence-corrected chi connectivity index (χ4v) is 8.09. The fraction of sp³-hybridized carbons (Fsp3) is 0.341. The maximum Gasteiger partial charge on any atom is 0.329 e. The van der Waals surface area contributed by atoms with E-state index in [0.29, 0.717) is 39.0 Å². The Labute approximate surface area is 283 Å². The number of rotatable bonds is 10. The van der Waals surface area contributed by atoms with Crippen molar-refractivity contribution in [3.63, 3.8) is 0 Å². The molecule has 4 aromatic carbocycles. The van der Waals surface area contributed by atoms with Crippen molar-refractivity contribution >= 4 is 17.8 Å². The van der Waals surface area contributed by atoms with Gasteiger partial charge in [0.1, 0.15) is 18.7 Å². The Balaban J connectivity index is 1.10.